The van der Waals surface area contributed by atoms with E-state index in [-0.39, 0.29) is 10.9 Å². The summed E-state index contributed by atoms with van der Waals surface area (Å²) in [5.74, 6) is 0.761. The Hall–Kier alpha value is -2.69. The molecule has 0 aliphatic carbocycles. The molecule has 1 fully saturated rings. The number of piperidine rings is 1. The van der Waals surface area contributed by atoms with Gasteiger partial charge in [-0.3, -0.25) is 4.79 Å². The van der Waals surface area contributed by atoms with E-state index in [1.165, 1.54) is 35.6 Å². The van der Waals surface area contributed by atoms with Crippen molar-refractivity contribution in [1.82, 2.24) is 8.87 Å². The Morgan fingerprint density at radius 2 is 1.79 bits per heavy atom. The van der Waals surface area contributed by atoms with E-state index in [1.54, 1.807) is 18.5 Å². The lowest BCUT2D eigenvalue weighted by atomic mass is 10.0. The van der Waals surface area contributed by atoms with Gasteiger partial charge in [-0.05, 0) is 43.5 Å². The number of ether oxygens (including phenoxy) is 2. The number of methoxy groups -OCH3 is 2. The van der Waals surface area contributed by atoms with E-state index in [2.05, 4.69) is 4.99 Å². The molecule has 2 heterocycles. The van der Waals surface area contributed by atoms with Crippen LogP contribution >= 0.6 is 11.3 Å². The number of thiazole rings is 1. The quantitative estimate of drug-likeness (QED) is 0.508. The molecule has 0 spiro atoms. The van der Waals surface area contributed by atoms with Crippen molar-refractivity contribution in [2.75, 3.05) is 20.8 Å². The number of hydrogen-bond donors (Lipinski definition) is 0. The maximum absolute atomic E-state index is 13.2. The maximum atomic E-state index is 13.2. The van der Waals surface area contributed by atoms with Crippen molar-refractivity contribution >= 4 is 37.5 Å². The minimum Gasteiger partial charge on any atom is -0.493 e. The van der Waals surface area contributed by atoms with E-state index >= 15 is 0 Å². The third-order valence-electron chi connectivity index (χ3n) is 6.26. The second kappa shape index (κ2) is 9.89. The molecule has 1 aromatic heterocycles. The maximum Gasteiger partial charge on any atom is 0.279 e. The lowest BCUT2D eigenvalue weighted by Gasteiger charge is -2.34. The van der Waals surface area contributed by atoms with Crippen molar-refractivity contribution in [3.05, 3.63) is 46.8 Å². The Morgan fingerprint density at radius 3 is 2.44 bits per heavy atom. The van der Waals surface area contributed by atoms with Crippen LogP contribution in [0.1, 0.15) is 43.0 Å². The molecule has 0 N–H and O–H groups in total. The Bertz CT molecular complexity index is 1370. The highest BCUT2D eigenvalue weighted by Crippen LogP contribution is 2.33. The lowest BCUT2D eigenvalue weighted by Crippen LogP contribution is -2.43. The fourth-order valence-corrected chi connectivity index (χ4v) is 7.11. The van der Waals surface area contributed by atoms with Crippen LogP contribution in [0.4, 0.5) is 0 Å². The van der Waals surface area contributed by atoms with E-state index in [0.717, 1.165) is 35.9 Å². The average molecular weight is 504 g/mol. The van der Waals surface area contributed by atoms with Gasteiger partial charge in [0.2, 0.25) is 10.0 Å². The average Bonchev–Trinajstić information content (AvgIpc) is 3.16. The van der Waals surface area contributed by atoms with Crippen LogP contribution in [0.25, 0.3) is 10.2 Å². The molecule has 3 aromatic rings. The zero-order valence-corrected chi connectivity index (χ0v) is 21.4. The number of carbonyl (C=O) groups is 1. The van der Waals surface area contributed by atoms with Crippen molar-refractivity contribution < 1.29 is 22.7 Å². The van der Waals surface area contributed by atoms with Crippen LogP contribution in [0.2, 0.25) is 0 Å². The van der Waals surface area contributed by atoms with Gasteiger partial charge >= 0.3 is 0 Å². The summed E-state index contributed by atoms with van der Waals surface area (Å²) in [4.78, 5) is 17.9. The highest BCUT2D eigenvalue weighted by atomic mass is 32.2. The van der Waals surface area contributed by atoms with Crippen LogP contribution in [-0.4, -0.2) is 50.0 Å². The molecule has 0 bridgehead atoms. The number of fused-ring (bicyclic) bond motifs is 1. The molecule has 2 aromatic carbocycles. The van der Waals surface area contributed by atoms with Crippen LogP contribution in [0, 0.1) is 0 Å². The molecule has 182 valence electrons. The van der Waals surface area contributed by atoms with Crippen LogP contribution < -0.4 is 14.3 Å². The highest BCUT2D eigenvalue weighted by Gasteiger charge is 2.32. The molecule has 8 nitrogen and oxygen atoms in total. The van der Waals surface area contributed by atoms with Gasteiger partial charge in [0.05, 0.1) is 29.3 Å². The number of sulfonamides is 1. The van der Waals surface area contributed by atoms with Crippen molar-refractivity contribution in [2.45, 2.75) is 43.5 Å². The smallest absolute Gasteiger partial charge is 0.279 e. The molecule has 1 unspecified atom stereocenters. The summed E-state index contributed by atoms with van der Waals surface area (Å²) in [7, 11) is 1.38. The molecule has 0 radical (unpaired) electrons. The summed E-state index contributed by atoms with van der Waals surface area (Å²) >= 11 is 1.36. The van der Waals surface area contributed by atoms with Crippen LogP contribution in [0.15, 0.2) is 46.3 Å². The standard InChI is InChI=1S/C24H29N3O5S2/c1-5-17-8-6-7-13-27(17)34(29,30)18-11-9-16(10-12-18)23(28)25-24-26(2)19-14-20(31-3)21(32-4)15-22(19)33-24/h9-12,14-15,17H,5-8,13H2,1-4H3. The van der Waals surface area contributed by atoms with E-state index in [4.69, 9.17) is 9.47 Å². The topological polar surface area (TPSA) is 90.2 Å². The fourth-order valence-electron chi connectivity index (χ4n) is 4.32. The van der Waals surface area contributed by atoms with Gasteiger partial charge in [0.1, 0.15) is 0 Å². The number of nitrogens with zero attached hydrogens (tertiary/aromatic N) is 3. The minimum absolute atomic E-state index is 0.0280. The number of amides is 1. The predicted molar refractivity (Wildman–Crippen MR) is 132 cm³/mol. The Kier molecular flexibility index (Phi) is 7.11. The SMILES string of the molecule is CCC1CCCCN1S(=O)(=O)c1ccc(C(=O)N=c2sc3cc(OC)c(OC)cc3n2C)cc1. The Balaban J connectivity index is 1.63. The number of aryl methyl sites for hydroxylation is 1. The third-order valence-corrected chi connectivity index (χ3v) is 9.32. The first kappa shape index (κ1) is 24.4. The van der Waals surface area contributed by atoms with Gasteiger partial charge in [-0.25, -0.2) is 8.42 Å². The molecule has 10 heteroatoms. The number of rotatable bonds is 6. The second-order valence-electron chi connectivity index (χ2n) is 8.23. The summed E-state index contributed by atoms with van der Waals surface area (Å²) in [5, 5.41) is 0. The van der Waals surface area contributed by atoms with Gasteiger partial charge in [-0.2, -0.15) is 9.30 Å². The van der Waals surface area contributed by atoms with Crippen molar-refractivity contribution in [3.63, 3.8) is 0 Å². The normalized spacial score (nSPS) is 17.8. The highest BCUT2D eigenvalue weighted by molar-refractivity contribution is 7.89. The first-order valence-electron chi connectivity index (χ1n) is 11.2. The molecular weight excluding hydrogens is 474 g/mol. The fraction of sp³-hybridized carbons (Fsp3) is 0.417. The number of hydrogen-bond acceptors (Lipinski definition) is 6. The predicted octanol–water partition coefficient (Wildman–Crippen LogP) is 3.95. The third kappa shape index (κ3) is 4.49. The number of benzene rings is 2. The first-order valence-corrected chi connectivity index (χ1v) is 13.5. The molecule has 4 rings (SSSR count). The summed E-state index contributed by atoms with van der Waals surface area (Å²) in [6, 6.07) is 9.79. The summed E-state index contributed by atoms with van der Waals surface area (Å²) in [6.07, 6.45) is 3.59. The molecule has 1 aliphatic rings. The molecule has 1 amide bonds. The van der Waals surface area contributed by atoms with Crippen molar-refractivity contribution in [3.8, 4) is 11.5 Å². The van der Waals surface area contributed by atoms with Crippen LogP contribution in [-0.2, 0) is 17.1 Å². The summed E-state index contributed by atoms with van der Waals surface area (Å²) in [5.41, 5.74) is 1.19. The van der Waals surface area contributed by atoms with Crippen LogP contribution in [0.3, 0.4) is 0 Å². The number of carbonyl (C=O) groups excluding carboxylic acids is 1. The zero-order valence-electron chi connectivity index (χ0n) is 19.8. The molecule has 0 saturated carbocycles. The molecule has 1 aliphatic heterocycles. The van der Waals surface area contributed by atoms with E-state index in [0.29, 0.717) is 28.4 Å². The van der Waals surface area contributed by atoms with E-state index in [9.17, 15) is 13.2 Å². The van der Waals surface area contributed by atoms with E-state index < -0.39 is 15.9 Å². The zero-order chi connectivity index (χ0) is 24.5. The van der Waals surface area contributed by atoms with Gasteiger partial charge in [0, 0.05) is 37.3 Å². The van der Waals surface area contributed by atoms with Gasteiger partial charge < -0.3 is 14.0 Å². The molecule has 1 atom stereocenters. The van der Waals surface area contributed by atoms with Gasteiger partial charge in [-0.15, -0.1) is 0 Å². The summed E-state index contributed by atoms with van der Waals surface area (Å²) in [6.45, 7) is 2.55. The summed E-state index contributed by atoms with van der Waals surface area (Å²) < 4.78 is 41.4. The van der Waals surface area contributed by atoms with Gasteiger partial charge in [-0.1, -0.05) is 24.7 Å². The first-order chi connectivity index (χ1) is 16.3. The van der Waals surface area contributed by atoms with Crippen molar-refractivity contribution in [1.29, 1.82) is 0 Å². The van der Waals surface area contributed by atoms with Gasteiger partial charge in [0.15, 0.2) is 16.3 Å². The Morgan fingerprint density at radius 1 is 1.12 bits per heavy atom. The monoisotopic (exact) mass is 503 g/mol. The molecule has 34 heavy (non-hydrogen) atoms. The van der Waals surface area contributed by atoms with Crippen LogP contribution in [0.5, 0.6) is 11.5 Å². The second-order valence-corrected chi connectivity index (χ2v) is 11.1. The van der Waals surface area contributed by atoms with Gasteiger partial charge in [0.25, 0.3) is 5.91 Å². The number of aromatic nitrogens is 1. The molecular formula is C24H29N3O5S2. The van der Waals surface area contributed by atoms with Crippen molar-refractivity contribution in [2.24, 2.45) is 12.0 Å². The molecule has 1 saturated heterocycles. The largest absolute Gasteiger partial charge is 0.493 e. The lowest BCUT2D eigenvalue weighted by molar-refractivity contribution is 0.0998. The Labute approximate surface area is 203 Å². The minimum atomic E-state index is -3.60. The van der Waals surface area contributed by atoms with E-state index in [1.807, 2.05) is 30.7 Å².